The van der Waals surface area contributed by atoms with Gasteiger partial charge in [0.1, 0.15) is 0 Å². The third kappa shape index (κ3) is 3.50. The molecule has 1 aliphatic rings. The summed E-state index contributed by atoms with van der Waals surface area (Å²) in [7, 11) is 0. The summed E-state index contributed by atoms with van der Waals surface area (Å²) in [5.41, 5.74) is 0.454. The Hall–Kier alpha value is -0.830. The standard InChI is InChI=1S/C11H18O3/c1-8(2)11(12)14-7-10-5-4-9(3)13-6-10/h9-10H,1,4-7H2,2-3H3. The zero-order chi connectivity index (χ0) is 10.6. The van der Waals surface area contributed by atoms with Crippen molar-refractivity contribution in [2.45, 2.75) is 32.8 Å². The Labute approximate surface area is 85.1 Å². The van der Waals surface area contributed by atoms with E-state index in [1.54, 1.807) is 6.92 Å². The van der Waals surface area contributed by atoms with Gasteiger partial charge in [-0.1, -0.05) is 6.58 Å². The van der Waals surface area contributed by atoms with Gasteiger partial charge in [-0.2, -0.15) is 0 Å². The van der Waals surface area contributed by atoms with E-state index in [-0.39, 0.29) is 5.97 Å². The van der Waals surface area contributed by atoms with Gasteiger partial charge in [-0.25, -0.2) is 4.79 Å². The van der Waals surface area contributed by atoms with Crippen LogP contribution in [0.4, 0.5) is 0 Å². The summed E-state index contributed by atoms with van der Waals surface area (Å²) < 4.78 is 10.5. The van der Waals surface area contributed by atoms with Crippen LogP contribution in [-0.4, -0.2) is 25.3 Å². The van der Waals surface area contributed by atoms with E-state index in [2.05, 4.69) is 13.5 Å². The highest BCUT2D eigenvalue weighted by Gasteiger charge is 2.19. The Morgan fingerprint density at radius 2 is 2.29 bits per heavy atom. The van der Waals surface area contributed by atoms with Gasteiger partial charge < -0.3 is 9.47 Å². The van der Waals surface area contributed by atoms with Gasteiger partial charge in [0.15, 0.2) is 0 Å². The number of hydrogen-bond acceptors (Lipinski definition) is 3. The lowest BCUT2D eigenvalue weighted by Gasteiger charge is -2.26. The smallest absolute Gasteiger partial charge is 0.333 e. The Bertz CT molecular complexity index is 215. The van der Waals surface area contributed by atoms with Crippen molar-refractivity contribution < 1.29 is 14.3 Å². The number of ether oxygens (including phenoxy) is 2. The SMILES string of the molecule is C=C(C)C(=O)OCC1CCC(C)OC1. The molecule has 1 heterocycles. The number of rotatable bonds is 3. The molecule has 1 saturated heterocycles. The highest BCUT2D eigenvalue weighted by molar-refractivity contribution is 5.86. The fourth-order valence-electron chi connectivity index (χ4n) is 1.39. The normalized spacial score (nSPS) is 27.0. The molecule has 0 saturated carbocycles. The number of carbonyl (C=O) groups is 1. The summed E-state index contributed by atoms with van der Waals surface area (Å²) in [6.07, 6.45) is 2.48. The fraction of sp³-hybridized carbons (Fsp3) is 0.727. The maximum absolute atomic E-state index is 11.1. The molecular weight excluding hydrogens is 180 g/mol. The summed E-state index contributed by atoms with van der Waals surface area (Å²) in [4.78, 5) is 11.1. The maximum atomic E-state index is 11.1. The van der Waals surface area contributed by atoms with Crippen molar-refractivity contribution in [3.8, 4) is 0 Å². The van der Waals surface area contributed by atoms with Gasteiger partial charge in [0.2, 0.25) is 0 Å². The monoisotopic (exact) mass is 198 g/mol. The molecule has 0 bridgehead atoms. The Balaban J connectivity index is 2.19. The van der Waals surface area contributed by atoms with E-state index in [0.29, 0.717) is 30.8 Å². The molecule has 2 unspecified atom stereocenters. The maximum Gasteiger partial charge on any atom is 0.333 e. The quantitative estimate of drug-likeness (QED) is 0.513. The van der Waals surface area contributed by atoms with Gasteiger partial charge in [-0.15, -0.1) is 0 Å². The molecule has 1 aliphatic heterocycles. The second-order valence-electron chi connectivity index (χ2n) is 3.97. The third-order valence-corrected chi connectivity index (χ3v) is 2.40. The number of esters is 1. The van der Waals surface area contributed by atoms with E-state index >= 15 is 0 Å². The fourth-order valence-corrected chi connectivity index (χ4v) is 1.39. The minimum atomic E-state index is -0.302. The third-order valence-electron chi connectivity index (χ3n) is 2.40. The average Bonchev–Trinajstić information content (AvgIpc) is 2.16. The number of carbonyl (C=O) groups excluding carboxylic acids is 1. The van der Waals surface area contributed by atoms with Gasteiger partial charge in [-0.3, -0.25) is 0 Å². The average molecular weight is 198 g/mol. The van der Waals surface area contributed by atoms with Crippen LogP contribution in [0.3, 0.4) is 0 Å². The topological polar surface area (TPSA) is 35.5 Å². The van der Waals surface area contributed by atoms with Crippen LogP contribution in [0.25, 0.3) is 0 Å². The predicted octanol–water partition coefficient (Wildman–Crippen LogP) is 1.92. The minimum absolute atomic E-state index is 0.302. The van der Waals surface area contributed by atoms with Crippen molar-refractivity contribution in [2.75, 3.05) is 13.2 Å². The summed E-state index contributed by atoms with van der Waals surface area (Å²) >= 11 is 0. The van der Waals surface area contributed by atoms with Crippen molar-refractivity contribution in [1.82, 2.24) is 0 Å². The molecule has 1 fully saturated rings. The Morgan fingerprint density at radius 1 is 1.57 bits per heavy atom. The van der Waals surface area contributed by atoms with Gasteiger partial charge in [-0.05, 0) is 26.7 Å². The molecule has 3 heteroatoms. The molecule has 1 rings (SSSR count). The van der Waals surface area contributed by atoms with Gasteiger partial charge >= 0.3 is 5.97 Å². The van der Waals surface area contributed by atoms with E-state index in [1.807, 2.05) is 0 Å². The van der Waals surface area contributed by atoms with E-state index < -0.39 is 0 Å². The molecule has 0 spiro atoms. The largest absolute Gasteiger partial charge is 0.462 e. The van der Waals surface area contributed by atoms with Gasteiger partial charge in [0.05, 0.1) is 19.3 Å². The van der Waals surface area contributed by atoms with Crippen LogP contribution in [0, 0.1) is 5.92 Å². The highest BCUT2D eigenvalue weighted by Crippen LogP contribution is 2.18. The Morgan fingerprint density at radius 3 is 2.79 bits per heavy atom. The molecule has 3 nitrogen and oxygen atoms in total. The van der Waals surface area contributed by atoms with E-state index in [9.17, 15) is 4.79 Å². The highest BCUT2D eigenvalue weighted by atomic mass is 16.5. The summed E-state index contributed by atoms with van der Waals surface area (Å²) in [6.45, 7) is 8.40. The van der Waals surface area contributed by atoms with Crippen LogP contribution in [0.1, 0.15) is 26.7 Å². The summed E-state index contributed by atoms with van der Waals surface area (Å²) in [5.74, 6) is 0.0538. The van der Waals surface area contributed by atoms with Crippen LogP contribution in [0.5, 0.6) is 0 Å². The second kappa shape index (κ2) is 5.15. The van der Waals surface area contributed by atoms with Crippen molar-refractivity contribution in [2.24, 2.45) is 5.92 Å². The van der Waals surface area contributed by atoms with Crippen LogP contribution < -0.4 is 0 Å². The lowest BCUT2D eigenvalue weighted by Crippen LogP contribution is -2.27. The predicted molar refractivity (Wildman–Crippen MR) is 53.9 cm³/mol. The molecule has 80 valence electrons. The first-order chi connectivity index (χ1) is 6.59. The molecule has 2 atom stereocenters. The van der Waals surface area contributed by atoms with Crippen LogP contribution in [-0.2, 0) is 14.3 Å². The molecule has 0 radical (unpaired) electrons. The lowest BCUT2D eigenvalue weighted by atomic mass is 10.00. The van der Waals surface area contributed by atoms with Gasteiger partial charge in [0, 0.05) is 11.5 Å². The molecule has 0 aliphatic carbocycles. The van der Waals surface area contributed by atoms with Crippen molar-refractivity contribution >= 4 is 5.97 Å². The van der Waals surface area contributed by atoms with Crippen LogP contribution >= 0.6 is 0 Å². The zero-order valence-electron chi connectivity index (χ0n) is 8.91. The zero-order valence-corrected chi connectivity index (χ0v) is 8.91. The first kappa shape index (κ1) is 11.2. The molecule has 0 aromatic rings. The molecule has 0 N–H and O–H groups in total. The van der Waals surface area contributed by atoms with Crippen LogP contribution in [0.2, 0.25) is 0 Å². The van der Waals surface area contributed by atoms with Crippen molar-refractivity contribution in [3.63, 3.8) is 0 Å². The van der Waals surface area contributed by atoms with E-state index in [1.165, 1.54) is 0 Å². The minimum Gasteiger partial charge on any atom is -0.462 e. The Kier molecular flexibility index (Phi) is 4.14. The van der Waals surface area contributed by atoms with Crippen molar-refractivity contribution in [3.05, 3.63) is 12.2 Å². The molecule has 0 amide bonds. The molecular formula is C11H18O3. The lowest BCUT2D eigenvalue weighted by molar-refractivity contribution is -0.142. The first-order valence-corrected chi connectivity index (χ1v) is 5.04. The van der Waals surface area contributed by atoms with Crippen LogP contribution in [0.15, 0.2) is 12.2 Å². The first-order valence-electron chi connectivity index (χ1n) is 5.04. The number of hydrogen-bond donors (Lipinski definition) is 0. The summed E-state index contributed by atoms with van der Waals surface area (Å²) in [5, 5.41) is 0. The van der Waals surface area contributed by atoms with Crippen molar-refractivity contribution in [1.29, 1.82) is 0 Å². The second-order valence-corrected chi connectivity index (χ2v) is 3.97. The van der Waals surface area contributed by atoms with Gasteiger partial charge in [0.25, 0.3) is 0 Å². The molecule has 14 heavy (non-hydrogen) atoms. The molecule has 0 aromatic heterocycles. The summed E-state index contributed by atoms with van der Waals surface area (Å²) in [6, 6.07) is 0. The van der Waals surface area contributed by atoms with E-state index in [0.717, 1.165) is 12.8 Å². The molecule has 0 aromatic carbocycles. The van der Waals surface area contributed by atoms with E-state index in [4.69, 9.17) is 9.47 Å².